The molecule has 120 valence electrons. The predicted octanol–water partition coefficient (Wildman–Crippen LogP) is 1.28. The maximum atomic E-state index is 10.5. The number of H-pyrrole nitrogens is 1. The lowest BCUT2D eigenvalue weighted by Gasteiger charge is -2.37. The van der Waals surface area contributed by atoms with E-state index < -0.39 is 12.7 Å². The molecule has 1 aliphatic carbocycles. The predicted molar refractivity (Wildman–Crippen MR) is 89.4 cm³/mol. The first-order valence-electron chi connectivity index (χ1n) is 8.50. The van der Waals surface area contributed by atoms with Gasteiger partial charge in [0, 0.05) is 29.8 Å². The van der Waals surface area contributed by atoms with Gasteiger partial charge in [0.05, 0.1) is 5.60 Å². The van der Waals surface area contributed by atoms with Crippen molar-refractivity contribution in [2.24, 2.45) is 10.8 Å². The maximum absolute atomic E-state index is 10.5. The number of nitrogens with zero attached hydrogens (tertiary/aromatic N) is 1. The Morgan fingerprint density at radius 1 is 1.35 bits per heavy atom. The standard InChI is InChI=1S/C17H22BN3O2/c1-15(2)8-17(9-16(15)4-6-19-10-16)13-11-3-5-20-14(11)21-7-12(13)18(22)23-17/h3,5,7,19,22H,4,6,8-10H2,1-2H3,(H,20,21). The molecular weight excluding hydrogens is 289 g/mol. The number of aromatic nitrogens is 2. The zero-order chi connectivity index (χ0) is 15.9. The monoisotopic (exact) mass is 311 g/mol. The molecule has 2 aliphatic heterocycles. The number of hydrogen-bond acceptors (Lipinski definition) is 4. The van der Waals surface area contributed by atoms with Crippen molar-refractivity contribution in [3.8, 4) is 0 Å². The van der Waals surface area contributed by atoms with Gasteiger partial charge >= 0.3 is 7.12 Å². The first kappa shape index (κ1) is 14.0. The van der Waals surface area contributed by atoms with E-state index in [4.69, 9.17) is 4.65 Å². The lowest BCUT2D eigenvalue weighted by atomic mass is 9.67. The van der Waals surface area contributed by atoms with Crippen LogP contribution in [0, 0.1) is 10.8 Å². The summed E-state index contributed by atoms with van der Waals surface area (Å²) in [6.45, 7) is 6.83. The lowest BCUT2D eigenvalue weighted by Crippen LogP contribution is -2.34. The van der Waals surface area contributed by atoms with Gasteiger partial charge in [-0.15, -0.1) is 0 Å². The fourth-order valence-corrected chi connectivity index (χ4v) is 5.54. The number of aromatic amines is 1. The Labute approximate surface area is 136 Å². The number of fused-ring (bicyclic) bond motifs is 4. The zero-order valence-corrected chi connectivity index (χ0v) is 13.6. The highest BCUT2D eigenvalue weighted by atomic mass is 16.5. The molecule has 0 amide bonds. The molecule has 2 atom stereocenters. The van der Waals surface area contributed by atoms with Gasteiger partial charge in [-0.3, -0.25) is 0 Å². The van der Waals surface area contributed by atoms with E-state index in [1.54, 1.807) is 6.20 Å². The molecule has 6 heteroatoms. The summed E-state index contributed by atoms with van der Waals surface area (Å²) >= 11 is 0. The Hall–Kier alpha value is -1.37. The van der Waals surface area contributed by atoms with E-state index >= 15 is 0 Å². The summed E-state index contributed by atoms with van der Waals surface area (Å²) in [6.07, 6.45) is 6.78. The molecule has 0 bridgehead atoms. The number of hydrogen-bond donors (Lipinski definition) is 3. The fourth-order valence-electron chi connectivity index (χ4n) is 5.54. The third-order valence-corrected chi connectivity index (χ3v) is 6.71. The average molecular weight is 311 g/mol. The van der Waals surface area contributed by atoms with E-state index in [1.807, 2.05) is 6.20 Å². The van der Waals surface area contributed by atoms with Crippen LogP contribution in [0.3, 0.4) is 0 Å². The van der Waals surface area contributed by atoms with Crippen LogP contribution < -0.4 is 10.8 Å². The molecule has 1 saturated heterocycles. The summed E-state index contributed by atoms with van der Waals surface area (Å²) in [5, 5.41) is 15.2. The minimum atomic E-state index is -0.864. The van der Waals surface area contributed by atoms with Crippen LogP contribution >= 0.6 is 0 Å². The van der Waals surface area contributed by atoms with E-state index in [9.17, 15) is 5.02 Å². The molecule has 2 unspecified atom stereocenters. The van der Waals surface area contributed by atoms with E-state index in [0.29, 0.717) is 0 Å². The molecule has 0 aromatic carbocycles. The second-order valence-electron chi connectivity index (χ2n) is 8.24. The van der Waals surface area contributed by atoms with Crippen LogP contribution in [0.25, 0.3) is 11.0 Å². The van der Waals surface area contributed by atoms with Crippen LogP contribution in [0.4, 0.5) is 0 Å². The zero-order valence-electron chi connectivity index (χ0n) is 13.6. The lowest BCUT2D eigenvalue weighted by molar-refractivity contribution is 0.0551. The van der Waals surface area contributed by atoms with E-state index in [2.05, 4.69) is 35.2 Å². The highest BCUT2D eigenvalue weighted by Gasteiger charge is 2.64. The van der Waals surface area contributed by atoms with Gasteiger partial charge in [-0.2, -0.15) is 0 Å². The van der Waals surface area contributed by atoms with Crippen molar-refractivity contribution in [1.82, 2.24) is 15.3 Å². The second-order valence-corrected chi connectivity index (χ2v) is 8.24. The number of pyridine rings is 1. The molecule has 3 aliphatic rings. The summed E-state index contributed by atoms with van der Waals surface area (Å²) in [5.41, 5.74) is 2.89. The molecule has 2 fully saturated rings. The Morgan fingerprint density at radius 2 is 2.22 bits per heavy atom. The summed E-state index contributed by atoms with van der Waals surface area (Å²) in [5.74, 6) is 0. The Bertz CT molecular complexity index is 796. The second kappa shape index (κ2) is 4.18. The molecule has 23 heavy (non-hydrogen) atoms. The minimum Gasteiger partial charge on any atom is -0.423 e. The van der Waals surface area contributed by atoms with Gasteiger partial charge in [-0.25, -0.2) is 4.98 Å². The molecule has 2 aromatic rings. The SMILES string of the molecule is CC1(C)CC2(CC13CCNC3)OB(O)c1cnc3[nH]ccc3c12. The Kier molecular flexibility index (Phi) is 2.55. The Balaban J connectivity index is 1.73. The third kappa shape index (κ3) is 1.61. The van der Waals surface area contributed by atoms with Crippen LogP contribution in [-0.4, -0.2) is 35.2 Å². The largest absolute Gasteiger partial charge is 0.493 e. The quantitative estimate of drug-likeness (QED) is 0.641. The average Bonchev–Trinajstić information content (AvgIpc) is 3.21. The number of nitrogens with one attached hydrogen (secondary N) is 2. The van der Waals surface area contributed by atoms with Crippen molar-refractivity contribution in [2.45, 2.75) is 38.7 Å². The minimum absolute atomic E-state index is 0.170. The summed E-state index contributed by atoms with van der Waals surface area (Å²) in [6, 6.07) is 2.06. The molecule has 4 heterocycles. The van der Waals surface area contributed by atoms with Gasteiger partial charge in [0.15, 0.2) is 0 Å². The molecular formula is C17H22BN3O2. The van der Waals surface area contributed by atoms with Gasteiger partial charge in [0.25, 0.3) is 0 Å². The summed E-state index contributed by atoms with van der Waals surface area (Å²) in [7, 11) is -0.864. The molecule has 5 rings (SSSR count). The molecule has 2 spiro atoms. The van der Waals surface area contributed by atoms with Crippen molar-refractivity contribution < 1.29 is 9.68 Å². The van der Waals surface area contributed by atoms with Crippen LogP contribution in [-0.2, 0) is 10.3 Å². The first-order chi connectivity index (χ1) is 11.0. The molecule has 5 nitrogen and oxygen atoms in total. The van der Waals surface area contributed by atoms with Gasteiger partial charge in [-0.05, 0) is 48.3 Å². The smallest absolute Gasteiger partial charge is 0.423 e. The first-order valence-corrected chi connectivity index (χ1v) is 8.50. The van der Waals surface area contributed by atoms with Gasteiger partial charge in [0.1, 0.15) is 5.65 Å². The van der Waals surface area contributed by atoms with E-state index in [1.165, 1.54) is 6.42 Å². The van der Waals surface area contributed by atoms with Gasteiger partial charge in [0.2, 0.25) is 0 Å². The van der Waals surface area contributed by atoms with Crippen LogP contribution in [0.1, 0.15) is 38.7 Å². The van der Waals surface area contributed by atoms with Crippen LogP contribution in [0.15, 0.2) is 18.5 Å². The van der Waals surface area contributed by atoms with Crippen molar-refractivity contribution in [1.29, 1.82) is 0 Å². The van der Waals surface area contributed by atoms with Gasteiger partial charge < -0.3 is 20.0 Å². The Morgan fingerprint density at radius 3 is 3.00 bits per heavy atom. The van der Waals surface area contributed by atoms with Crippen LogP contribution in [0.2, 0.25) is 0 Å². The third-order valence-electron chi connectivity index (χ3n) is 6.71. The summed E-state index contributed by atoms with van der Waals surface area (Å²) in [4.78, 5) is 7.63. The molecule has 0 radical (unpaired) electrons. The van der Waals surface area contributed by atoms with Crippen molar-refractivity contribution in [2.75, 3.05) is 13.1 Å². The van der Waals surface area contributed by atoms with E-state index in [-0.39, 0.29) is 10.8 Å². The normalized spacial score (nSPS) is 35.0. The highest BCUT2D eigenvalue weighted by Crippen LogP contribution is 2.65. The van der Waals surface area contributed by atoms with Crippen molar-refractivity contribution in [3.05, 3.63) is 24.0 Å². The number of rotatable bonds is 0. The topological polar surface area (TPSA) is 70.2 Å². The maximum Gasteiger partial charge on any atom is 0.493 e. The molecule has 1 saturated carbocycles. The van der Waals surface area contributed by atoms with Crippen LogP contribution in [0.5, 0.6) is 0 Å². The fraction of sp³-hybridized carbons (Fsp3) is 0.588. The molecule has 2 aromatic heterocycles. The highest BCUT2D eigenvalue weighted by molar-refractivity contribution is 6.62. The van der Waals surface area contributed by atoms with Crippen molar-refractivity contribution in [3.63, 3.8) is 0 Å². The van der Waals surface area contributed by atoms with E-state index in [0.717, 1.165) is 48.0 Å². The van der Waals surface area contributed by atoms with Crippen molar-refractivity contribution >= 4 is 23.6 Å². The van der Waals surface area contributed by atoms with Gasteiger partial charge in [-0.1, -0.05) is 13.8 Å². The summed E-state index contributed by atoms with van der Waals surface area (Å²) < 4.78 is 6.25. The molecule has 3 N–H and O–H groups in total.